The highest BCUT2D eigenvalue weighted by molar-refractivity contribution is 9.10. The van der Waals surface area contributed by atoms with E-state index < -0.39 is 6.36 Å². The molecule has 0 spiro atoms. The van der Waals surface area contributed by atoms with Gasteiger partial charge >= 0.3 is 6.36 Å². The largest absolute Gasteiger partial charge is 0.573 e. The third-order valence-electron chi connectivity index (χ3n) is 1.79. The number of rotatable bonds is 2. The zero-order valence-corrected chi connectivity index (χ0v) is 10.9. The molecule has 18 heavy (non-hydrogen) atoms. The molecule has 96 valence electrons. The second-order valence-electron chi connectivity index (χ2n) is 3.17. The van der Waals surface area contributed by atoms with Gasteiger partial charge in [-0.25, -0.2) is 0 Å². The molecular formula is C9H5BrF3N3OS. The van der Waals surface area contributed by atoms with Gasteiger partial charge in [0.2, 0.25) is 5.13 Å². The van der Waals surface area contributed by atoms with E-state index in [1.54, 1.807) is 6.07 Å². The summed E-state index contributed by atoms with van der Waals surface area (Å²) in [6.45, 7) is 0. The first-order valence-electron chi connectivity index (χ1n) is 4.49. The lowest BCUT2D eigenvalue weighted by Crippen LogP contribution is -2.17. The number of hydrogen-bond donors (Lipinski definition) is 1. The molecule has 0 aliphatic rings. The van der Waals surface area contributed by atoms with Crippen LogP contribution in [-0.2, 0) is 0 Å². The first-order valence-corrected chi connectivity index (χ1v) is 6.10. The van der Waals surface area contributed by atoms with Gasteiger partial charge in [0, 0.05) is 10.0 Å². The van der Waals surface area contributed by atoms with Crippen LogP contribution in [0.15, 0.2) is 22.7 Å². The summed E-state index contributed by atoms with van der Waals surface area (Å²) in [5, 5.41) is 8.00. The Morgan fingerprint density at radius 1 is 1.22 bits per heavy atom. The predicted molar refractivity (Wildman–Crippen MR) is 64.1 cm³/mol. The Kier molecular flexibility index (Phi) is 3.44. The van der Waals surface area contributed by atoms with Crippen molar-refractivity contribution in [2.45, 2.75) is 6.36 Å². The van der Waals surface area contributed by atoms with Gasteiger partial charge in [-0.1, -0.05) is 27.3 Å². The van der Waals surface area contributed by atoms with Crippen LogP contribution in [0.3, 0.4) is 0 Å². The highest BCUT2D eigenvalue weighted by Crippen LogP contribution is 2.33. The van der Waals surface area contributed by atoms with Crippen LogP contribution in [0.5, 0.6) is 5.75 Å². The van der Waals surface area contributed by atoms with Gasteiger partial charge in [-0.05, 0) is 18.2 Å². The average molecular weight is 340 g/mol. The molecular weight excluding hydrogens is 335 g/mol. The van der Waals surface area contributed by atoms with Crippen LogP contribution in [0.4, 0.5) is 18.3 Å². The SMILES string of the molecule is Nc1nnc(-c2cc(Br)cc(OC(F)(F)F)c2)s1. The molecule has 1 aromatic carbocycles. The van der Waals surface area contributed by atoms with E-state index in [0.717, 1.165) is 11.3 Å². The third-order valence-corrected chi connectivity index (χ3v) is 3.05. The number of ether oxygens (including phenoxy) is 1. The number of nitrogen functional groups attached to an aromatic ring is 1. The summed E-state index contributed by atoms with van der Waals surface area (Å²) in [4.78, 5) is 0. The van der Waals surface area contributed by atoms with E-state index in [9.17, 15) is 13.2 Å². The van der Waals surface area contributed by atoms with Gasteiger partial charge in [0.05, 0.1) is 0 Å². The van der Waals surface area contributed by atoms with Crippen molar-refractivity contribution in [3.63, 3.8) is 0 Å². The Morgan fingerprint density at radius 2 is 1.94 bits per heavy atom. The van der Waals surface area contributed by atoms with E-state index in [2.05, 4.69) is 30.9 Å². The van der Waals surface area contributed by atoms with E-state index in [1.165, 1.54) is 12.1 Å². The molecule has 0 aliphatic carbocycles. The summed E-state index contributed by atoms with van der Waals surface area (Å²) in [7, 11) is 0. The van der Waals surface area contributed by atoms with Crippen molar-refractivity contribution in [1.29, 1.82) is 0 Å². The number of aromatic nitrogens is 2. The molecule has 0 fully saturated rings. The molecule has 0 bridgehead atoms. The highest BCUT2D eigenvalue weighted by Gasteiger charge is 2.31. The molecule has 0 saturated carbocycles. The van der Waals surface area contributed by atoms with Crippen molar-refractivity contribution in [2.24, 2.45) is 0 Å². The summed E-state index contributed by atoms with van der Waals surface area (Å²) in [6, 6.07) is 4.03. The molecule has 0 unspecified atom stereocenters. The summed E-state index contributed by atoms with van der Waals surface area (Å²) >= 11 is 4.18. The maximum atomic E-state index is 12.1. The normalized spacial score (nSPS) is 11.6. The molecule has 4 nitrogen and oxygen atoms in total. The number of halogens is 4. The predicted octanol–water partition coefficient (Wildman–Crippen LogP) is 3.45. The molecule has 0 amide bonds. The van der Waals surface area contributed by atoms with Gasteiger partial charge in [0.25, 0.3) is 0 Å². The van der Waals surface area contributed by atoms with Crippen LogP contribution < -0.4 is 10.5 Å². The van der Waals surface area contributed by atoms with Crippen LogP contribution >= 0.6 is 27.3 Å². The van der Waals surface area contributed by atoms with Gasteiger partial charge < -0.3 is 10.5 Å². The van der Waals surface area contributed by atoms with Crippen LogP contribution in [0.1, 0.15) is 0 Å². The highest BCUT2D eigenvalue weighted by atomic mass is 79.9. The molecule has 2 N–H and O–H groups in total. The van der Waals surface area contributed by atoms with Crippen molar-refractivity contribution in [3.8, 4) is 16.3 Å². The van der Waals surface area contributed by atoms with E-state index in [-0.39, 0.29) is 10.9 Å². The zero-order valence-electron chi connectivity index (χ0n) is 8.53. The Balaban J connectivity index is 2.38. The minimum absolute atomic E-state index is 0.239. The number of anilines is 1. The van der Waals surface area contributed by atoms with Gasteiger partial charge in [-0.2, -0.15) is 0 Å². The molecule has 2 aromatic rings. The van der Waals surface area contributed by atoms with Crippen LogP contribution in [0.25, 0.3) is 10.6 Å². The maximum Gasteiger partial charge on any atom is 0.573 e. The fourth-order valence-electron chi connectivity index (χ4n) is 1.23. The number of hydrogen-bond acceptors (Lipinski definition) is 5. The third kappa shape index (κ3) is 3.33. The number of alkyl halides is 3. The monoisotopic (exact) mass is 339 g/mol. The number of benzene rings is 1. The molecule has 1 heterocycles. The summed E-state index contributed by atoms with van der Waals surface area (Å²) < 4.78 is 40.7. The second kappa shape index (κ2) is 4.73. The Hall–Kier alpha value is -1.35. The molecule has 9 heteroatoms. The van der Waals surface area contributed by atoms with Gasteiger partial charge in [0.15, 0.2) is 0 Å². The van der Waals surface area contributed by atoms with Crippen molar-refractivity contribution in [3.05, 3.63) is 22.7 Å². The average Bonchev–Trinajstić information content (AvgIpc) is 2.61. The molecule has 0 atom stereocenters. The van der Waals surface area contributed by atoms with Crippen LogP contribution in [0, 0.1) is 0 Å². The van der Waals surface area contributed by atoms with Crippen molar-refractivity contribution in [1.82, 2.24) is 10.2 Å². The smallest absolute Gasteiger partial charge is 0.406 e. The first kappa shape index (κ1) is 13.1. The second-order valence-corrected chi connectivity index (χ2v) is 5.09. The lowest BCUT2D eigenvalue weighted by Gasteiger charge is -2.10. The van der Waals surface area contributed by atoms with Gasteiger partial charge in [0.1, 0.15) is 10.8 Å². The molecule has 2 rings (SSSR count). The summed E-state index contributed by atoms with van der Waals surface area (Å²) in [5.41, 5.74) is 5.86. The van der Waals surface area contributed by atoms with Crippen LogP contribution in [0.2, 0.25) is 0 Å². The lowest BCUT2D eigenvalue weighted by molar-refractivity contribution is -0.274. The quantitative estimate of drug-likeness (QED) is 0.910. The van der Waals surface area contributed by atoms with Gasteiger partial charge in [-0.3, -0.25) is 0 Å². The topological polar surface area (TPSA) is 61.0 Å². The number of nitrogens with two attached hydrogens (primary N) is 1. The van der Waals surface area contributed by atoms with Gasteiger partial charge in [-0.15, -0.1) is 23.4 Å². The summed E-state index contributed by atoms with van der Waals surface area (Å²) in [6.07, 6.45) is -4.74. The fourth-order valence-corrected chi connectivity index (χ4v) is 2.30. The molecule has 0 aliphatic heterocycles. The maximum absolute atomic E-state index is 12.1. The lowest BCUT2D eigenvalue weighted by atomic mass is 10.2. The van der Waals surface area contributed by atoms with Crippen molar-refractivity contribution in [2.75, 3.05) is 5.73 Å². The van der Waals surface area contributed by atoms with E-state index in [4.69, 9.17) is 5.73 Å². The Morgan fingerprint density at radius 3 is 2.50 bits per heavy atom. The van der Waals surface area contributed by atoms with E-state index in [0.29, 0.717) is 15.0 Å². The Bertz CT molecular complexity index is 572. The van der Waals surface area contributed by atoms with E-state index >= 15 is 0 Å². The van der Waals surface area contributed by atoms with Crippen LogP contribution in [-0.4, -0.2) is 16.6 Å². The zero-order chi connectivity index (χ0) is 13.3. The fraction of sp³-hybridized carbons (Fsp3) is 0.111. The molecule has 0 radical (unpaired) electrons. The minimum atomic E-state index is -4.74. The van der Waals surface area contributed by atoms with Crippen molar-refractivity contribution < 1.29 is 17.9 Å². The minimum Gasteiger partial charge on any atom is -0.406 e. The Labute approximate surface area is 112 Å². The molecule has 0 saturated heterocycles. The first-order chi connectivity index (χ1) is 8.33. The summed E-state index contributed by atoms with van der Waals surface area (Å²) in [5.74, 6) is -0.333. The van der Waals surface area contributed by atoms with Crippen molar-refractivity contribution >= 4 is 32.4 Å². The van der Waals surface area contributed by atoms with E-state index in [1.807, 2.05) is 0 Å². The number of nitrogens with zero attached hydrogens (tertiary/aromatic N) is 2. The standard InChI is InChI=1S/C9H5BrF3N3OS/c10-5-1-4(7-15-16-8(14)18-7)2-6(3-5)17-9(11,12)13/h1-3H,(H2,14,16). The molecule has 1 aromatic heterocycles.